The van der Waals surface area contributed by atoms with E-state index in [9.17, 15) is 4.79 Å². The monoisotopic (exact) mass is 318 g/mol. The minimum absolute atomic E-state index is 0.175. The van der Waals surface area contributed by atoms with Crippen molar-refractivity contribution in [1.29, 1.82) is 0 Å². The number of carbonyl (C=O) groups is 1. The SMILES string of the molecule is CN(C(=O)c1cc(N(C)c2ccccc2)ncn1)c1ccccc1. The third-order valence-electron chi connectivity index (χ3n) is 3.81. The Hall–Kier alpha value is -3.21. The zero-order valence-corrected chi connectivity index (χ0v) is 13.6. The van der Waals surface area contributed by atoms with E-state index in [1.807, 2.05) is 72.6 Å². The second kappa shape index (κ2) is 6.91. The molecule has 0 saturated heterocycles. The van der Waals surface area contributed by atoms with E-state index in [0.29, 0.717) is 11.5 Å². The first-order valence-corrected chi connectivity index (χ1v) is 7.61. The summed E-state index contributed by atoms with van der Waals surface area (Å²) < 4.78 is 0. The van der Waals surface area contributed by atoms with Gasteiger partial charge in [0.05, 0.1) is 0 Å². The molecule has 0 atom stereocenters. The number of hydrogen-bond donors (Lipinski definition) is 0. The highest BCUT2D eigenvalue weighted by Crippen LogP contribution is 2.22. The molecular formula is C19H18N4O. The molecule has 3 aromatic rings. The maximum Gasteiger partial charge on any atom is 0.276 e. The number of carbonyl (C=O) groups excluding carboxylic acids is 1. The van der Waals surface area contributed by atoms with Gasteiger partial charge in [-0.25, -0.2) is 9.97 Å². The van der Waals surface area contributed by atoms with Gasteiger partial charge in [-0.15, -0.1) is 0 Å². The minimum atomic E-state index is -0.175. The van der Waals surface area contributed by atoms with Crippen molar-refractivity contribution in [2.75, 3.05) is 23.9 Å². The maximum atomic E-state index is 12.7. The van der Waals surface area contributed by atoms with E-state index in [-0.39, 0.29) is 5.91 Å². The van der Waals surface area contributed by atoms with E-state index in [4.69, 9.17) is 0 Å². The Labute approximate surface area is 141 Å². The van der Waals surface area contributed by atoms with Crippen LogP contribution in [0.1, 0.15) is 10.5 Å². The molecule has 1 amide bonds. The molecule has 0 aliphatic heterocycles. The number of benzene rings is 2. The standard InChI is InChI=1S/C19H18N4O/c1-22(15-9-5-3-6-10-15)18-13-17(20-14-21-18)19(24)23(2)16-11-7-4-8-12-16/h3-14H,1-2H3. The van der Waals surface area contributed by atoms with Crippen molar-refractivity contribution in [2.45, 2.75) is 0 Å². The fourth-order valence-electron chi connectivity index (χ4n) is 2.37. The lowest BCUT2D eigenvalue weighted by molar-refractivity contribution is 0.0988. The molecule has 5 nitrogen and oxygen atoms in total. The molecule has 2 aromatic carbocycles. The van der Waals surface area contributed by atoms with Crippen molar-refractivity contribution in [2.24, 2.45) is 0 Å². The van der Waals surface area contributed by atoms with Crippen LogP contribution in [0.5, 0.6) is 0 Å². The van der Waals surface area contributed by atoms with Crippen LogP contribution in [0.3, 0.4) is 0 Å². The average Bonchev–Trinajstić information content (AvgIpc) is 2.67. The Morgan fingerprint density at radius 1 is 0.833 bits per heavy atom. The van der Waals surface area contributed by atoms with E-state index in [2.05, 4.69) is 9.97 Å². The predicted molar refractivity (Wildman–Crippen MR) is 95.7 cm³/mol. The van der Waals surface area contributed by atoms with E-state index in [0.717, 1.165) is 11.4 Å². The quantitative estimate of drug-likeness (QED) is 0.738. The Morgan fingerprint density at radius 2 is 1.42 bits per heavy atom. The van der Waals surface area contributed by atoms with Crippen LogP contribution in [0.25, 0.3) is 0 Å². The Kier molecular flexibility index (Phi) is 4.52. The van der Waals surface area contributed by atoms with E-state index in [1.54, 1.807) is 18.0 Å². The van der Waals surface area contributed by atoms with Gasteiger partial charge in [0.1, 0.15) is 17.8 Å². The van der Waals surface area contributed by atoms with E-state index < -0.39 is 0 Å². The first-order chi connectivity index (χ1) is 11.7. The largest absolute Gasteiger partial charge is 0.329 e. The third kappa shape index (κ3) is 3.25. The molecule has 0 saturated carbocycles. The summed E-state index contributed by atoms with van der Waals surface area (Å²) in [4.78, 5) is 24.6. The summed E-state index contributed by atoms with van der Waals surface area (Å²) in [6.07, 6.45) is 1.42. The minimum Gasteiger partial charge on any atom is -0.329 e. The molecule has 0 radical (unpaired) electrons. The summed E-state index contributed by atoms with van der Waals surface area (Å²) in [5.74, 6) is 0.493. The Bertz CT molecular complexity index is 821. The predicted octanol–water partition coefficient (Wildman–Crippen LogP) is 3.52. The molecule has 0 unspecified atom stereocenters. The highest BCUT2D eigenvalue weighted by molar-refractivity contribution is 6.04. The van der Waals surface area contributed by atoms with Crippen molar-refractivity contribution in [1.82, 2.24) is 9.97 Å². The Balaban J connectivity index is 1.86. The summed E-state index contributed by atoms with van der Waals surface area (Å²) in [6, 6.07) is 21.0. The lowest BCUT2D eigenvalue weighted by atomic mass is 10.2. The second-order valence-electron chi connectivity index (χ2n) is 5.36. The molecule has 0 N–H and O–H groups in total. The maximum absolute atomic E-state index is 12.7. The summed E-state index contributed by atoms with van der Waals surface area (Å²) in [5, 5.41) is 0. The van der Waals surface area contributed by atoms with Crippen molar-refractivity contribution in [3.63, 3.8) is 0 Å². The highest BCUT2D eigenvalue weighted by Gasteiger charge is 2.16. The molecule has 5 heteroatoms. The third-order valence-corrected chi connectivity index (χ3v) is 3.81. The molecule has 0 fully saturated rings. The van der Waals surface area contributed by atoms with Gasteiger partial charge >= 0.3 is 0 Å². The van der Waals surface area contributed by atoms with Crippen LogP contribution in [0.2, 0.25) is 0 Å². The molecule has 1 heterocycles. The summed E-state index contributed by atoms with van der Waals surface area (Å²) in [6.45, 7) is 0. The molecular weight excluding hydrogens is 300 g/mol. The van der Waals surface area contributed by atoms with Gasteiger partial charge in [0.2, 0.25) is 0 Å². The average molecular weight is 318 g/mol. The van der Waals surface area contributed by atoms with Crippen LogP contribution in [-0.2, 0) is 0 Å². The molecule has 1 aromatic heterocycles. The van der Waals surface area contributed by atoms with Gasteiger partial charge in [-0.3, -0.25) is 4.79 Å². The molecule has 0 aliphatic carbocycles. The second-order valence-corrected chi connectivity index (χ2v) is 5.36. The fourth-order valence-corrected chi connectivity index (χ4v) is 2.37. The zero-order valence-electron chi connectivity index (χ0n) is 13.6. The van der Waals surface area contributed by atoms with Crippen LogP contribution >= 0.6 is 0 Å². The van der Waals surface area contributed by atoms with E-state index >= 15 is 0 Å². The lowest BCUT2D eigenvalue weighted by Gasteiger charge is -2.20. The molecule has 24 heavy (non-hydrogen) atoms. The number of nitrogens with zero attached hydrogens (tertiary/aromatic N) is 4. The molecule has 0 aliphatic rings. The van der Waals surface area contributed by atoms with Crippen LogP contribution in [0, 0.1) is 0 Å². The van der Waals surface area contributed by atoms with Crippen molar-refractivity contribution < 1.29 is 4.79 Å². The van der Waals surface area contributed by atoms with Crippen LogP contribution in [0.4, 0.5) is 17.2 Å². The van der Waals surface area contributed by atoms with Gasteiger partial charge in [0.25, 0.3) is 5.91 Å². The number of para-hydroxylation sites is 2. The fraction of sp³-hybridized carbons (Fsp3) is 0.105. The Morgan fingerprint density at radius 3 is 2.04 bits per heavy atom. The van der Waals surface area contributed by atoms with E-state index in [1.165, 1.54) is 6.33 Å². The number of amides is 1. The zero-order chi connectivity index (χ0) is 16.9. The number of rotatable bonds is 4. The molecule has 120 valence electrons. The summed E-state index contributed by atoms with van der Waals surface area (Å²) >= 11 is 0. The highest BCUT2D eigenvalue weighted by atomic mass is 16.2. The van der Waals surface area contributed by atoms with Crippen LogP contribution in [0.15, 0.2) is 73.1 Å². The first kappa shape index (κ1) is 15.7. The normalized spacial score (nSPS) is 10.2. The molecule has 0 bridgehead atoms. The van der Waals surface area contributed by atoms with Gasteiger partial charge in [0, 0.05) is 31.5 Å². The summed E-state index contributed by atoms with van der Waals surface area (Å²) in [5.41, 5.74) is 2.17. The van der Waals surface area contributed by atoms with Gasteiger partial charge in [-0.1, -0.05) is 36.4 Å². The number of hydrogen-bond acceptors (Lipinski definition) is 4. The van der Waals surface area contributed by atoms with Crippen molar-refractivity contribution in [3.05, 3.63) is 78.8 Å². The van der Waals surface area contributed by atoms with Crippen LogP contribution in [-0.4, -0.2) is 30.0 Å². The van der Waals surface area contributed by atoms with Gasteiger partial charge in [0.15, 0.2) is 0 Å². The van der Waals surface area contributed by atoms with Gasteiger partial charge < -0.3 is 9.80 Å². The number of anilines is 3. The number of aromatic nitrogens is 2. The van der Waals surface area contributed by atoms with Gasteiger partial charge in [-0.05, 0) is 24.3 Å². The van der Waals surface area contributed by atoms with Crippen molar-refractivity contribution in [3.8, 4) is 0 Å². The molecule has 0 spiro atoms. The molecule has 3 rings (SSSR count). The smallest absolute Gasteiger partial charge is 0.276 e. The lowest BCUT2D eigenvalue weighted by Crippen LogP contribution is -2.27. The first-order valence-electron chi connectivity index (χ1n) is 7.61. The topological polar surface area (TPSA) is 49.3 Å². The summed E-state index contributed by atoms with van der Waals surface area (Å²) in [7, 11) is 3.65. The van der Waals surface area contributed by atoms with Crippen molar-refractivity contribution >= 4 is 23.1 Å². The van der Waals surface area contributed by atoms with Gasteiger partial charge in [-0.2, -0.15) is 0 Å². The van der Waals surface area contributed by atoms with Crippen LogP contribution < -0.4 is 9.80 Å².